The molecule has 2 aromatic rings. The molecule has 0 fully saturated rings. The molecular weight excluding hydrogens is 214 g/mol. The quantitative estimate of drug-likeness (QED) is 0.565. The van der Waals surface area contributed by atoms with Gasteiger partial charge in [-0.15, -0.1) is 0 Å². The highest BCUT2D eigenvalue weighted by molar-refractivity contribution is 7.99. The average Bonchev–Trinajstić information content (AvgIpc) is 2.17. The van der Waals surface area contributed by atoms with Crippen molar-refractivity contribution in [3.63, 3.8) is 0 Å². The molecule has 0 radical (unpaired) electrons. The first kappa shape index (κ1) is 9.91. The van der Waals surface area contributed by atoms with Gasteiger partial charge in [0.25, 0.3) is 5.56 Å². The number of H-pyrrole nitrogens is 1. The van der Waals surface area contributed by atoms with Gasteiger partial charge in [0.1, 0.15) is 5.39 Å². The van der Waals surface area contributed by atoms with Crippen LogP contribution in [0.2, 0.25) is 0 Å². The zero-order valence-electron chi connectivity index (χ0n) is 8.02. The average molecular weight is 223 g/mol. The van der Waals surface area contributed by atoms with Crippen LogP contribution in [-0.2, 0) is 0 Å². The highest BCUT2D eigenvalue weighted by Crippen LogP contribution is 2.13. The lowest BCUT2D eigenvalue weighted by molar-refractivity contribution is 0.979. The topological polar surface area (TPSA) is 97.5 Å². The molecule has 7 heteroatoms. The number of anilines is 1. The minimum atomic E-state index is -0.314. The zero-order valence-corrected chi connectivity index (χ0v) is 8.84. The van der Waals surface area contributed by atoms with Crippen LogP contribution in [0.4, 0.5) is 5.95 Å². The van der Waals surface area contributed by atoms with Gasteiger partial charge in [0.15, 0.2) is 10.8 Å². The Hall–Kier alpha value is -1.63. The maximum atomic E-state index is 11.4. The van der Waals surface area contributed by atoms with E-state index in [1.54, 1.807) is 0 Å². The van der Waals surface area contributed by atoms with Crippen molar-refractivity contribution in [2.75, 3.05) is 11.5 Å². The Morgan fingerprint density at radius 2 is 2.33 bits per heavy atom. The normalized spacial score (nSPS) is 10.7. The second-order valence-electron chi connectivity index (χ2n) is 2.77. The lowest BCUT2D eigenvalue weighted by Crippen LogP contribution is -2.12. The van der Waals surface area contributed by atoms with Crippen molar-refractivity contribution in [2.24, 2.45) is 0 Å². The largest absolute Gasteiger partial charge is 0.369 e. The predicted molar refractivity (Wildman–Crippen MR) is 58.8 cm³/mol. The minimum absolute atomic E-state index is 0.0682. The smallest absolute Gasteiger partial charge is 0.263 e. The molecule has 3 N–H and O–H groups in total. The first-order valence-electron chi connectivity index (χ1n) is 4.36. The van der Waals surface area contributed by atoms with Gasteiger partial charge in [-0.2, -0.15) is 4.98 Å². The summed E-state index contributed by atoms with van der Waals surface area (Å²) in [6, 6.07) is 0. The lowest BCUT2D eigenvalue weighted by atomic mass is 10.4. The van der Waals surface area contributed by atoms with E-state index in [-0.39, 0.29) is 11.5 Å². The number of hydrogen-bond acceptors (Lipinski definition) is 6. The number of nitrogens with two attached hydrogens (primary N) is 1. The van der Waals surface area contributed by atoms with Gasteiger partial charge < -0.3 is 5.73 Å². The fraction of sp³-hybridized carbons (Fsp3) is 0.250. The summed E-state index contributed by atoms with van der Waals surface area (Å²) in [5, 5.41) is 0.951. The van der Waals surface area contributed by atoms with Gasteiger partial charge in [-0.05, 0) is 5.75 Å². The van der Waals surface area contributed by atoms with Crippen molar-refractivity contribution >= 4 is 28.7 Å². The maximum Gasteiger partial charge on any atom is 0.263 e. The van der Waals surface area contributed by atoms with Crippen molar-refractivity contribution in [1.82, 2.24) is 19.9 Å². The van der Waals surface area contributed by atoms with Crippen LogP contribution in [0, 0.1) is 0 Å². The molecule has 0 saturated carbocycles. The summed E-state index contributed by atoms with van der Waals surface area (Å²) in [6.45, 7) is 2.00. The van der Waals surface area contributed by atoms with Gasteiger partial charge in [-0.3, -0.25) is 9.78 Å². The zero-order chi connectivity index (χ0) is 10.8. The van der Waals surface area contributed by atoms with E-state index in [1.165, 1.54) is 18.0 Å². The van der Waals surface area contributed by atoms with Crippen LogP contribution in [0.15, 0.2) is 16.1 Å². The van der Waals surface area contributed by atoms with Gasteiger partial charge in [-0.1, -0.05) is 18.7 Å². The summed E-state index contributed by atoms with van der Waals surface area (Å²) < 4.78 is 0. The molecule has 0 atom stereocenters. The molecule has 2 heterocycles. The Morgan fingerprint density at radius 3 is 3.07 bits per heavy atom. The Labute approximate surface area is 89.3 Å². The summed E-state index contributed by atoms with van der Waals surface area (Å²) in [4.78, 5) is 25.9. The third-order valence-electron chi connectivity index (χ3n) is 1.73. The fourth-order valence-corrected chi connectivity index (χ4v) is 1.66. The van der Waals surface area contributed by atoms with Crippen LogP contribution in [0.25, 0.3) is 11.0 Å². The van der Waals surface area contributed by atoms with Crippen molar-refractivity contribution in [1.29, 1.82) is 0 Å². The first-order chi connectivity index (χ1) is 7.20. The second-order valence-corrected chi connectivity index (χ2v) is 4.01. The van der Waals surface area contributed by atoms with E-state index in [0.717, 1.165) is 5.75 Å². The maximum absolute atomic E-state index is 11.4. The van der Waals surface area contributed by atoms with Crippen LogP contribution in [0.1, 0.15) is 6.92 Å². The van der Waals surface area contributed by atoms with Crippen LogP contribution in [0.5, 0.6) is 0 Å². The van der Waals surface area contributed by atoms with E-state index in [9.17, 15) is 4.79 Å². The van der Waals surface area contributed by atoms with E-state index in [0.29, 0.717) is 16.2 Å². The Kier molecular flexibility index (Phi) is 2.55. The van der Waals surface area contributed by atoms with Gasteiger partial charge in [-0.25, -0.2) is 9.97 Å². The fourth-order valence-electron chi connectivity index (χ4n) is 1.13. The Morgan fingerprint density at radius 1 is 1.53 bits per heavy atom. The van der Waals surface area contributed by atoms with Crippen molar-refractivity contribution in [3.8, 4) is 0 Å². The molecule has 2 aromatic heterocycles. The number of nitrogens with one attached hydrogen (secondary N) is 1. The van der Waals surface area contributed by atoms with Crippen molar-refractivity contribution in [2.45, 2.75) is 12.1 Å². The molecule has 0 bridgehead atoms. The molecule has 15 heavy (non-hydrogen) atoms. The summed E-state index contributed by atoms with van der Waals surface area (Å²) in [5.74, 6) is 0.933. The summed E-state index contributed by atoms with van der Waals surface area (Å²) >= 11 is 1.49. The molecular formula is C8H9N5OS. The van der Waals surface area contributed by atoms with E-state index < -0.39 is 0 Å². The molecule has 0 spiro atoms. The molecule has 0 aliphatic heterocycles. The molecule has 0 amide bonds. The van der Waals surface area contributed by atoms with Gasteiger partial charge >= 0.3 is 0 Å². The molecule has 0 saturated heterocycles. The molecule has 6 nitrogen and oxygen atoms in total. The molecule has 0 aromatic carbocycles. The highest BCUT2D eigenvalue weighted by atomic mass is 32.2. The number of rotatable bonds is 2. The van der Waals surface area contributed by atoms with Gasteiger partial charge in [0.2, 0.25) is 5.95 Å². The highest BCUT2D eigenvalue weighted by Gasteiger charge is 2.05. The van der Waals surface area contributed by atoms with Crippen LogP contribution < -0.4 is 11.3 Å². The lowest BCUT2D eigenvalue weighted by Gasteiger charge is -1.99. The third kappa shape index (κ3) is 1.91. The third-order valence-corrected chi connectivity index (χ3v) is 2.48. The van der Waals surface area contributed by atoms with E-state index in [1.807, 2.05) is 6.92 Å². The van der Waals surface area contributed by atoms with Crippen molar-refractivity contribution < 1.29 is 0 Å². The number of hydrogen-bond donors (Lipinski definition) is 2. The van der Waals surface area contributed by atoms with Crippen LogP contribution >= 0.6 is 11.8 Å². The van der Waals surface area contributed by atoms with Crippen molar-refractivity contribution in [3.05, 3.63) is 16.6 Å². The summed E-state index contributed by atoms with van der Waals surface area (Å²) in [6.07, 6.45) is 1.46. The predicted octanol–water partition coefficient (Wildman–Crippen LogP) is 0.407. The molecule has 0 aliphatic rings. The summed E-state index contributed by atoms with van der Waals surface area (Å²) in [5.41, 5.74) is 5.44. The SMILES string of the molecule is CCSc1ncc2c(=O)[nH]c(N)nc2n1. The van der Waals surface area contributed by atoms with E-state index >= 15 is 0 Å². The van der Waals surface area contributed by atoms with E-state index in [2.05, 4.69) is 19.9 Å². The van der Waals surface area contributed by atoms with Crippen LogP contribution in [0.3, 0.4) is 0 Å². The molecule has 78 valence electrons. The molecule has 0 unspecified atom stereocenters. The second kappa shape index (κ2) is 3.85. The van der Waals surface area contributed by atoms with Crippen LogP contribution in [-0.4, -0.2) is 25.7 Å². The number of thioether (sulfide) groups is 1. The molecule has 0 aliphatic carbocycles. The number of aromatic nitrogens is 4. The Bertz CT molecular complexity index is 552. The summed E-state index contributed by atoms with van der Waals surface area (Å²) in [7, 11) is 0. The van der Waals surface area contributed by atoms with Gasteiger partial charge in [0, 0.05) is 6.20 Å². The standard InChI is InChI=1S/C8H9N5OS/c1-2-15-8-10-3-4-5(12-8)11-7(9)13-6(4)14/h3H,2H2,1H3,(H3,9,10,11,12,13,14). The number of aromatic amines is 1. The molecule has 2 rings (SSSR count). The number of nitrogen functional groups attached to an aromatic ring is 1. The number of nitrogens with zero attached hydrogens (tertiary/aromatic N) is 3. The Balaban J connectivity index is 2.65. The van der Waals surface area contributed by atoms with E-state index in [4.69, 9.17) is 5.73 Å². The first-order valence-corrected chi connectivity index (χ1v) is 5.34. The number of fused-ring (bicyclic) bond motifs is 1. The monoisotopic (exact) mass is 223 g/mol. The minimum Gasteiger partial charge on any atom is -0.369 e. The van der Waals surface area contributed by atoms with Gasteiger partial charge in [0.05, 0.1) is 0 Å².